The van der Waals surface area contributed by atoms with Crippen molar-refractivity contribution in [3.8, 4) is 0 Å². The monoisotopic (exact) mass is 726 g/mol. The number of halogens is 2. The topological polar surface area (TPSA) is 108 Å². The van der Waals surface area contributed by atoms with E-state index in [4.69, 9.17) is 21.1 Å². The molecule has 0 unspecified atom stereocenters. The molecule has 0 aliphatic carbocycles. The number of carbonyl (C=O) groups is 2. The van der Waals surface area contributed by atoms with Crippen LogP contribution in [0.2, 0.25) is 0 Å². The number of nitrogens with zero attached hydrogens (tertiary/aromatic N) is 1. The van der Waals surface area contributed by atoms with Crippen LogP contribution in [0, 0.1) is 5.92 Å². The van der Waals surface area contributed by atoms with Crippen LogP contribution in [-0.4, -0.2) is 94.2 Å². The van der Waals surface area contributed by atoms with Crippen LogP contribution < -0.4 is 5.32 Å². The Morgan fingerprint density at radius 1 is 0.915 bits per heavy atom. The molecule has 2 heterocycles. The number of thioether (sulfide) groups is 1. The molecule has 9 atom stereocenters. The zero-order chi connectivity index (χ0) is 33.9. The van der Waals surface area contributed by atoms with Crippen molar-refractivity contribution in [1.29, 1.82) is 0 Å². The minimum absolute atomic E-state index is 0. The maximum Gasteiger partial charge on any atom is 0.306 e. The molecule has 0 aromatic heterocycles. The van der Waals surface area contributed by atoms with Crippen molar-refractivity contribution in [2.75, 3.05) is 19.8 Å². The molecule has 11 heteroatoms. The highest BCUT2D eigenvalue weighted by molar-refractivity contribution is 7.99. The maximum absolute atomic E-state index is 13.3. The van der Waals surface area contributed by atoms with E-state index in [0.29, 0.717) is 5.92 Å². The molecule has 0 aromatic carbocycles. The van der Waals surface area contributed by atoms with Gasteiger partial charge in [0.2, 0.25) is 5.91 Å². The number of aliphatic hydroxyl groups is 2. The number of likely N-dealkylation sites (tertiary alicyclic amines) is 1. The number of esters is 1. The number of nitrogens with one attached hydrogen (secondary N) is 1. The Balaban J connectivity index is 0.0000110. The number of carbonyl (C=O) groups excluding carboxylic acids is 2. The number of likely N-dealkylation sites (N-methyl/N-ethyl adjacent to an activating group) is 1. The maximum atomic E-state index is 13.3. The summed E-state index contributed by atoms with van der Waals surface area (Å²) in [5.41, 5.74) is -0.702. The fourth-order valence-electron chi connectivity index (χ4n) is 7.07. The van der Waals surface area contributed by atoms with Gasteiger partial charge in [-0.3, -0.25) is 14.5 Å². The Morgan fingerprint density at radius 2 is 1.45 bits per heavy atom. The van der Waals surface area contributed by atoms with Gasteiger partial charge in [-0.2, -0.15) is 0 Å². The molecule has 8 nitrogen and oxygen atoms in total. The summed E-state index contributed by atoms with van der Waals surface area (Å²) in [4.78, 5) is 28.1. The van der Waals surface area contributed by atoms with E-state index in [1.807, 2.05) is 7.05 Å². The summed E-state index contributed by atoms with van der Waals surface area (Å²) in [5.74, 6) is -0.0724. The van der Waals surface area contributed by atoms with E-state index in [1.165, 1.54) is 88.8 Å². The van der Waals surface area contributed by atoms with Crippen molar-refractivity contribution in [2.45, 2.75) is 190 Å². The number of ether oxygens (including phenoxy) is 2. The predicted molar refractivity (Wildman–Crippen MR) is 198 cm³/mol. The quantitative estimate of drug-likeness (QED) is 0.0530. The van der Waals surface area contributed by atoms with Gasteiger partial charge in [-0.15, -0.1) is 35.8 Å². The van der Waals surface area contributed by atoms with E-state index in [1.54, 1.807) is 13.2 Å². The van der Waals surface area contributed by atoms with Gasteiger partial charge in [0, 0.05) is 13.0 Å². The summed E-state index contributed by atoms with van der Waals surface area (Å²) in [6, 6.07) is -1.01. The molecule has 47 heavy (non-hydrogen) atoms. The van der Waals surface area contributed by atoms with Crippen molar-refractivity contribution in [3.63, 3.8) is 0 Å². The van der Waals surface area contributed by atoms with Gasteiger partial charge in [0.15, 0.2) is 6.10 Å². The number of rotatable bonds is 24. The fraction of sp³-hybridized carbons (Fsp3) is 0.944. The number of alkyl halides is 1. The van der Waals surface area contributed by atoms with Crippen molar-refractivity contribution in [3.05, 3.63) is 0 Å². The van der Waals surface area contributed by atoms with Crippen molar-refractivity contribution < 1.29 is 29.3 Å². The van der Waals surface area contributed by atoms with Gasteiger partial charge in [0.05, 0.1) is 17.5 Å². The van der Waals surface area contributed by atoms with Gasteiger partial charge in [0.1, 0.15) is 23.7 Å². The molecular formula is C36H68Cl2N2O6S. The smallest absolute Gasteiger partial charge is 0.306 e. The summed E-state index contributed by atoms with van der Waals surface area (Å²) < 4.78 is 11.9. The summed E-state index contributed by atoms with van der Waals surface area (Å²) in [5, 5.41) is 24.7. The molecule has 0 aromatic rings. The van der Waals surface area contributed by atoms with E-state index in [-0.39, 0.29) is 30.8 Å². The first-order valence-corrected chi connectivity index (χ1v) is 20.2. The van der Waals surface area contributed by atoms with Gasteiger partial charge in [-0.05, 0) is 45.4 Å². The average molecular weight is 728 g/mol. The second kappa shape index (κ2) is 25.6. The fourth-order valence-corrected chi connectivity index (χ4v) is 8.00. The lowest BCUT2D eigenvalue weighted by Crippen LogP contribution is -2.65. The molecule has 2 saturated heterocycles. The van der Waals surface area contributed by atoms with Crippen LogP contribution in [0.15, 0.2) is 0 Å². The SMILES string of the molecule is CCCCCCCCCCCCCCCCCC(=O)O[C@@H]1[C@@H](O)[C@@H](O)[C@@H]([C@H](NC(=O)[C@@H]2C[C@@H](CCC)CN2C)[C@H](C)Cl)O[C@@H]1SC.Cl. The molecule has 2 aliphatic heterocycles. The molecule has 0 spiro atoms. The summed E-state index contributed by atoms with van der Waals surface area (Å²) in [6.45, 7) is 7.02. The Morgan fingerprint density at radius 3 is 1.94 bits per heavy atom. The average Bonchev–Trinajstić information content (AvgIpc) is 3.40. The number of aliphatic hydroxyl groups excluding tert-OH is 2. The second-order valence-electron chi connectivity index (χ2n) is 13.9. The molecule has 2 aliphatic rings. The van der Waals surface area contributed by atoms with Crippen LogP contribution in [-0.2, 0) is 19.1 Å². The normalized spacial score (nSPS) is 27.6. The number of hydrogen-bond donors (Lipinski definition) is 3. The van der Waals surface area contributed by atoms with Crippen LogP contribution in [0.25, 0.3) is 0 Å². The minimum Gasteiger partial charge on any atom is -0.456 e. The first kappa shape index (κ1) is 44.7. The van der Waals surface area contributed by atoms with Crippen LogP contribution in [0.4, 0.5) is 0 Å². The van der Waals surface area contributed by atoms with Crippen LogP contribution in [0.3, 0.4) is 0 Å². The standard InChI is InChI=1S/C36H67ClN2O6S.ClH/c1-6-8-9-10-11-12-13-14-15-16-17-18-19-20-21-23-29(40)44-34-32(42)31(41)33(45-36(34)46-5)30(26(3)37)38-35(43)28-24-27(22-7-2)25-39(28)4;/h26-28,30-34,36,41-42H,6-25H2,1-5H3,(H,38,43);1H/t26-,27+,28-,30+,31+,32-,33+,34+,36+;/m0./s1. The zero-order valence-corrected chi connectivity index (χ0v) is 32.4. The Labute approximate surface area is 302 Å². The first-order valence-electron chi connectivity index (χ1n) is 18.5. The predicted octanol–water partition coefficient (Wildman–Crippen LogP) is 7.62. The third-order valence-corrected chi connectivity index (χ3v) is 11.0. The molecule has 2 rings (SSSR count). The third-order valence-electron chi connectivity index (χ3n) is 9.86. The van der Waals surface area contributed by atoms with Crippen molar-refractivity contribution >= 4 is 47.6 Å². The van der Waals surface area contributed by atoms with E-state index < -0.39 is 47.2 Å². The van der Waals surface area contributed by atoms with Gasteiger partial charge >= 0.3 is 5.97 Å². The molecular weight excluding hydrogens is 659 g/mol. The molecule has 3 N–H and O–H groups in total. The minimum atomic E-state index is -1.38. The molecule has 0 radical (unpaired) electrons. The third kappa shape index (κ3) is 16.1. The Kier molecular flexibility index (Phi) is 24.4. The van der Waals surface area contributed by atoms with E-state index in [0.717, 1.165) is 45.1 Å². The van der Waals surface area contributed by atoms with Gasteiger partial charge in [-0.25, -0.2) is 0 Å². The van der Waals surface area contributed by atoms with Gasteiger partial charge < -0.3 is 25.0 Å². The number of amides is 1. The van der Waals surface area contributed by atoms with Crippen LogP contribution in [0.5, 0.6) is 0 Å². The molecule has 2 fully saturated rings. The Hall–Kier alpha value is -0.290. The zero-order valence-electron chi connectivity index (χ0n) is 30.0. The van der Waals surface area contributed by atoms with Gasteiger partial charge in [0.25, 0.3) is 0 Å². The molecule has 1 amide bonds. The number of unbranched alkanes of at least 4 members (excludes halogenated alkanes) is 14. The second-order valence-corrected chi connectivity index (χ2v) is 15.5. The van der Waals surface area contributed by atoms with Gasteiger partial charge in [-0.1, -0.05) is 110 Å². The molecule has 0 saturated carbocycles. The first-order chi connectivity index (χ1) is 22.1. The summed E-state index contributed by atoms with van der Waals surface area (Å²) in [7, 11) is 1.96. The van der Waals surface area contributed by atoms with E-state index >= 15 is 0 Å². The van der Waals surface area contributed by atoms with Crippen molar-refractivity contribution in [1.82, 2.24) is 10.2 Å². The van der Waals surface area contributed by atoms with E-state index in [9.17, 15) is 19.8 Å². The summed E-state index contributed by atoms with van der Waals surface area (Å²) in [6.07, 6.45) is 19.1. The lowest BCUT2D eigenvalue weighted by atomic mass is 9.92. The highest BCUT2D eigenvalue weighted by Crippen LogP contribution is 2.33. The highest BCUT2D eigenvalue weighted by atomic mass is 35.5. The molecule has 278 valence electrons. The largest absolute Gasteiger partial charge is 0.456 e. The lowest BCUT2D eigenvalue weighted by molar-refractivity contribution is -0.218. The van der Waals surface area contributed by atoms with E-state index in [2.05, 4.69) is 24.1 Å². The Bertz CT molecular complexity index is 841. The molecule has 0 bridgehead atoms. The summed E-state index contributed by atoms with van der Waals surface area (Å²) >= 11 is 7.83. The highest BCUT2D eigenvalue weighted by Gasteiger charge is 2.50. The number of hydrogen-bond acceptors (Lipinski definition) is 8. The van der Waals surface area contributed by atoms with Crippen LogP contribution >= 0.6 is 35.8 Å². The van der Waals surface area contributed by atoms with Crippen molar-refractivity contribution in [2.24, 2.45) is 5.92 Å². The lowest BCUT2D eigenvalue weighted by Gasteiger charge is -2.45. The van der Waals surface area contributed by atoms with Crippen LogP contribution in [0.1, 0.15) is 143 Å².